The molecule has 0 aromatic heterocycles. The molecule has 0 radical (unpaired) electrons. The monoisotopic (exact) mass is 632 g/mol. The molecule has 45 heavy (non-hydrogen) atoms. The van der Waals surface area contributed by atoms with Crippen LogP contribution in [-0.4, -0.2) is 86.4 Å². The summed E-state index contributed by atoms with van der Waals surface area (Å²) in [7, 11) is 0. The first-order valence-electron chi connectivity index (χ1n) is 16.7. The van der Waals surface area contributed by atoms with Gasteiger partial charge in [0.05, 0.1) is 31.8 Å². The zero-order valence-electron chi connectivity index (χ0n) is 26.8. The number of carboxylic acids is 1. The van der Waals surface area contributed by atoms with E-state index in [0.29, 0.717) is 25.6 Å². The Morgan fingerprint density at radius 2 is 1.78 bits per heavy atom. The fraction of sp³-hybridized carbons (Fsp3) is 0.824. The van der Waals surface area contributed by atoms with Gasteiger partial charge in [0.25, 0.3) is 0 Å². The summed E-state index contributed by atoms with van der Waals surface area (Å²) in [6.07, 6.45) is 4.63. The van der Waals surface area contributed by atoms with E-state index in [-0.39, 0.29) is 55.4 Å². The van der Waals surface area contributed by atoms with Gasteiger partial charge < -0.3 is 33.5 Å². The van der Waals surface area contributed by atoms with Gasteiger partial charge in [0.1, 0.15) is 31.7 Å². The minimum atomic E-state index is -0.854. The molecule has 0 aromatic carbocycles. The van der Waals surface area contributed by atoms with Crippen LogP contribution in [0.4, 0.5) is 0 Å². The standard InChI is InChI=1S/C34H48O11/c1-17(2)9-20-5-6-22-21-7-8-24-23-12-40-15-34(24,25(21)10-26(37)31(22)30(20)33(38)39)11-27(45-19(4)36)32(23)42-14-29-28(43-16-44-29)13-41-18(3)35/h10,17,20-24,27-32H,5-9,11-16H2,1-4H3,(H,38,39)/t20?,21?,22?,23?,24?,27-,28+,29?,30?,31?,32-,34-/m1/s1. The van der Waals surface area contributed by atoms with Crippen molar-refractivity contribution in [2.75, 3.05) is 33.2 Å². The molecular weight excluding hydrogens is 584 g/mol. The molecule has 2 bridgehead atoms. The molecule has 0 aromatic rings. The van der Waals surface area contributed by atoms with Crippen molar-refractivity contribution < 1.29 is 52.7 Å². The summed E-state index contributed by atoms with van der Waals surface area (Å²) in [6.45, 7) is 8.16. The van der Waals surface area contributed by atoms with Crippen LogP contribution in [-0.2, 0) is 47.6 Å². The fourth-order valence-electron chi connectivity index (χ4n) is 10.1. The van der Waals surface area contributed by atoms with Crippen molar-refractivity contribution in [2.24, 2.45) is 52.8 Å². The zero-order chi connectivity index (χ0) is 32.0. The summed E-state index contributed by atoms with van der Waals surface area (Å²) in [4.78, 5) is 50.4. The summed E-state index contributed by atoms with van der Waals surface area (Å²) < 4.78 is 35.3. The van der Waals surface area contributed by atoms with Crippen LogP contribution < -0.4 is 0 Å². The largest absolute Gasteiger partial charge is 0.481 e. The molecule has 5 fully saturated rings. The van der Waals surface area contributed by atoms with Gasteiger partial charge in [-0.05, 0) is 74.2 Å². The minimum absolute atomic E-state index is 0.00310. The maximum atomic E-state index is 14.0. The Kier molecular flexibility index (Phi) is 9.45. The summed E-state index contributed by atoms with van der Waals surface area (Å²) in [6, 6.07) is 0. The van der Waals surface area contributed by atoms with E-state index in [1.54, 1.807) is 6.08 Å². The van der Waals surface area contributed by atoms with Crippen LogP contribution in [0.25, 0.3) is 0 Å². The smallest absolute Gasteiger partial charge is 0.307 e. The molecule has 6 rings (SSSR count). The Morgan fingerprint density at radius 3 is 2.47 bits per heavy atom. The minimum Gasteiger partial charge on any atom is -0.481 e. The molecule has 11 heteroatoms. The Hall–Kier alpha value is -2.34. The zero-order valence-corrected chi connectivity index (χ0v) is 26.8. The van der Waals surface area contributed by atoms with E-state index in [1.807, 2.05) is 0 Å². The lowest BCUT2D eigenvalue weighted by atomic mass is 9.45. The Labute approximate surface area is 264 Å². The highest BCUT2D eigenvalue weighted by atomic mass is 16.7. The van der Waals surface area contributed by atoms with E-state index in [9.17, 15) is 24.3 Å². The molecule has 0 amide bonds. The van der Waals surface area contributed by atoms with Crippen molar-refractivity contribution in [3.63, 3.8) is 0 Å². The first-order valence-corrected chi connectivity index (χ1v) is 16.7. The number of carbonyl (C=O) groups is 4. The van der Waals surface area contributed by atoms with Crippen LogP contribution in [0.3, 0.4) is 0 Å². The summed E-state index contributed by atoms with van der Waals surface area (Å²) in [5, 5.41) is 10.4. The van der Waals surface area contributed by atoms with Gasteiger partial charge in [0, 0.05) is 31.1 Å². The average molecular weight is 633 g/mol. The number of ether oxygens (including phenoxy) is 6. The van der Waals surface area contributed by atoms with Gasteiger partial charge in [-0.15, -0.1) is 0 Å². The molecule has 8 unspecified atom stereocenters. The van der Waals surface area contributed by atoms with Gasteiger partial charge in [0.2, 0.25) is 0 Å². The summed E-state index contributed by atoms with van der Waals surface area (Å²) >= 11 is 0. The van der Waals surface area contributed by atoms with Crippen LogP contribution in [0, 0.1) is 52.8 Å². The molecule has 2 heterocycles. The van der Waals surface area contributed by atoms with Crippen molar-refractivity contribution in [2.45, 2.75) is 90.6 Å². The van der Waals surface area contributed by atoms with Gasteiger partial charge in [-0.25, -0.2) is 0 Å². The van der Waals surface area contributed by atoms with Crippen LogP contribution in [0.15, 0.2) is 11.6 Å². The highest BCUT2D eigenvalue weighted by molar-refractivity contribution is 5.97. The number of carboxylic acid groups (broad SMARTS) is 1. The Balaban J connectivity index is 1.27. The van der Waals surface area contributed by atoms with Crippen molar-refractivity contribution in [1.29, 1.82) is 0 Å². The lowest BCUT2D eigenvalue weighted by Gasteiger charge is -2.63. The molecule has 11 nitrogen and oxygen atoms in total. The van der Waals surface area contributed by atoms with Crippen molar-refractivity contribution >= 4 is 23.7 Å². The second-order valence-corrected chi connectivity index (χ2v) is 14.6. The Bertz CT molecular complexity index is 1200. The highest BCUT2D eigenvalue weighted by Gasteiger charge is 2.64. The fourth-order valence-corrected chi connectivity index (χ4v) is 10.1. The van der Waals surface area contributed by atoms with Crippen LogP contribution in [0.1, 0.15) is 66.2 Å². The number of ketones is 1. The molecule has 2 aliphatic heterocycles. The molecule has 0 spiro atoms. The SMILES string of the molecule is CC(=O)OC[C@@H]1OCOC1CO[C@@H]1C2COC[C@@]3(C[C@H]1OC(C)=O)C1=CC(=O)C4C(CCC(CC(C)C)C4C(=O)O)C1CCC23. The lowest BCUT2D eigenvalue weighted by molar-refractivity contribution is -0.228. The van der Waals surface area contributed by atoms with E-state index >= 15 is 0 Å². The molecular formula is C34H48O11. The quantitative estimate of drug-likeness (QED) is 0.373. The van der Waals surface area contributed by atoms with Crippen LogP contribution >= 0.6 is 0 Å². The number of aliphatic carboxylic acids is 1. The normalized spacial score (nSPS) is 42.2. The van der Waals surface area contributed by atoms with Crippen molar-refractivity contribution in [3.8, 4) is 0 Å². The average Bonchev–Trinajstić information content (AvgIpc) is 3.42. The predicted octanol–water partition coefficient (Wildman–Crippen LogP) is 3.57. The molecule has 3 saturated carbocycles. The van der Waals surface area contributed by atoms with E-state index in [1.165, 1.54) is 13.8 Å². The summed E-state index contributed by atoms with van der Waals surface area (Å²) in [5.41, 5.74) is 0.593. The second kappa shape index (κ2) is 13.0. The van der Waals surface area contributed by atoms with Crippen LogP contribution in [0.2, 0.25) is 0 Å². The molecule has 6 aliphatic rings. The Morgan fingerprint density at radius 1 is 1.02 bits per heavy atom. The van der Waals surface area contributed by atoms with E-state index in [0.717, 1.165) is 37.7 Å². The topological polar surface area (TPSA) is 144 Å². The lowest BCUT2D eigenvalue weighted by Crippen LogP contribution is -2.64. The number of hydrogen-bond donors (Lipinski definition) is 1. The molecule has 4 aliphatic carbocycles. The maximum Gasteiger partial charge on any atom is 0.307 e. The van der Waals surface area contributed by atoms with Crippen molar-refractivity contribution in [3.05, 3.63) is 11.6 Å². The molecule has 250 valence electrons. The molecule has 1 N–H and O–H groups in total. The molecule has 12 atom stereocenters. The predicted molar refractivity (Wildman–Crippen MR) is 157 cm³/mol. The number of rotatable bonds is 9. The number of fused-ring (bicyclic) bond motifs is 3. The number of carbonyl (C=O) groups excluding carboxylic acids is 3. The highest BCUT2D eigenvalue weighted by Crippen LogP contribution is 2.64. The number of allylic oxidation sites excluding steroid dienone is 1. The van der Waals surface area contributed by atoms with Gasteiger partial charge in [0.15, 0.2) is 5.78 Å². The van der Waals surface area contributed by atoms with E-state index in [2.05, 4.69) is 13.8 Å². The number of hydrogen-bond acceptors (Lipinski definition) is 10. The first-order chi connectivity index (χ1) is 21.5. The maximum absolute atomic E-state index is 14.0. The van der Waals surface area contributed by atoms with Crippen LogP contribution in [0.5, 0.6) is 0 Å². The third-order valence-corrected chi connectivity index (χ3v) is 11.6. The van der Waals surface area contributed by atoms with E-state index < -0.39 is 59.6 Å². The van der Waals surface area contributed by atoms with Crippen molar-refractivity contribution in [1.82, 2.24) is 0 Å². The van der Waals surface area contributed by atoms with E-state index in [4.69, 9.17) is 28.4 Å². The third kappa shape index (κ3) is 6.10. The third-order valence-electron chi connectivity index (χ3n) is 11.6. The van der Waals surface area contributed by atoms with Gasteiger partial charge in [-0.2, -0.15) is 0 Å². The van der Waals surface area contributed by atoms with Gasteiger partial charge in [-0.3, -0.25) is 19.2 Å². The molecule has 2 saturated heterocycles. The number of esters is 2. The second-order valence-electron chi connectivity index (χ2n) is 14.6. The van der Waals surface area contributed by atoms with Gasteiger partial charge >= 0.3 is 17.9 Å². The first kappa shape index (κ1) is 32.6. The summed E-state index contributed by atoms with van der Waals surface area (Å²) in [5.74, 6) is -2.32. The van der Waals surface area contributed by atoms with Gasteiger partial charge in [-0.1, -0.05) is 19.4 Å².